The van der Waals surface area contributed by atoms with Gasteiger partial charge < -0.3 is 14.5 Å². The Morgan fingerprint density at radius 1 is 1.39 bits per heavy atom. The standard InChI is InChI=1S/C12H17N3O2S/c1-3-15(4-2)7-5-10-13-12(17-14-10)11-9(16)6-8-18-11/h6,8,16H,3-5,7H2,1-2H3. The molecule has 0 saturated heterocycles. The third-order valence-electron chi connectivity index (χ3n) is 2.85. The lowest BCUT2D eigenvalue weighted by Crippen LogP contribution is -2.25. The third kappa shape index (κ3) is 2.88. The highest BCUT2D eigenvalue weighted by atomic mass is 32.1. The molecular formula is C12H17N3O2S. The van der Waals surface area contributed by atoms with Crippen LogP contribution in [0.4, 0.5) is 0 Å². The molecule has 0 aliphatic rings. The first-order chi connectivity index (χ1) is 8.74. The van der Waals surface area contributed by atoms with E-state index in [1.54, 1.807) is 11.4 Å². The van der Waals surface area contributed by atoms with E-state index in [9.17, 15) is 5.11 Å². The zero-order valence-corrected chi connectivity index (χ0v) is 11.4. The fourth-order valence-corrected chi connectivity index (χ4v) is 2.41. The Morgan fingerprint density at radius 3 is 2.78 bits per heavy atom. The lowest BCUT2D eigenvalue weighted by Gasteiger charge is -2.16. The summed E-state index contributed by atoms with van der Waals surface area (Å²) in [6.07, 6.45) is 0.761. The molecule has 0 fully saturated rings. The van der Waals surface area contributed by atoms with E-state index < -0.39 is 0 Å². The zero-order valence-electron chi connectivity index (χ0n) is 10.6. The van der Waals surface area contributed by atoms with Crippen LogP contribution in [0.5, 0.6) is 5.75 Å². The fraction of sp³-hybridized carbons (Fsp3) is 0.500. The van der Waals surface area contributed by atoms with Crippen molar-refractivity contribution in [3.8, 4) is 16.5 Å². The van der Waals surface area contributed by atoms with Gasteiger partial charge in [-0.05, 0) is 24.5 Å². The van der Waals surface area contributed by atoms with Crippen molar-refractivity contribution in [2.45, 2.75) is 20.3 Å². The van der Waals surface area contributed by atoms with Crippen LogP contribution in [-0.2, 0) is 6.42 Å². The van der Waals surface area contributed by atoms with Crippen molar-refractivity contribution in [1.29, 1.82) is 0 Å². The maximum absolute atomic E-state index is 9.58. The third-order valence-corrected chi connectivity index (χ3v) is 3.74. The van der Waals surface area contributed by atoms with E-state index in [-0.39, 0.29) is 5.75 Å². The van der Waals surface area contributed by atoms with Crippen molar-refractivity contribution in [3.63, 3.8) is 0 Å². The molecular weight excluding hydrogens is 250 g/mol. The lowest BCUT2D eigenvalue weighted by molar-refractivity contribution is 0.303. The van der Waals surface area contributed by atoms with Crippen molar-refractivity contribution in [3.05, 3.63) is 17.3 Å². The van der Waals surface area contributed by atoms with Gasteiger partial charge in [0, 0.05) is 13.0 Å². The SMILES string of the molecule is CCN(CC)CCc1noc(-c2sccc2O)n1. The van der Waals surface area contributed by atoms with E-state index in [0.29, 0.717) is 16.6 Å². The molecule has 0 saturated carbocycles. The van der Waals surface area contributed by atoms with Gasteiger partial charge in [0.05, 0.1) is 0 Å². The number of hydrogen-bond donors (Lipinski definition) is 1. The molecule has 1 N–H and O–H groups in total. The molecule has 0 aromatic carbocycles. The first-order valence-electron chi connectivity index (χ1n) is 6.06. The average Bonchev–Trinajstić information content (AvgIpc) is 2.99. The highest BCUT2D eigenvalue weighted by molar-refractivity contribution is 7.13. The topological polar surface area (TPSA) is 62.4 Å². The van der Waals surface area contributed by atoms with Crippen LogP contribution in [0.1, 0.15) is 19.7 Å². The second-order valence-electron chi connectivity index (χ2n) is 3.93. The van der Waals surface area contributed by atoms with Crippen LogP contribution < -0.4 is 0 Å². The van der Waals surface area contributed by atoms with Gasteiger partial charge in [-0.15, -0.1) is 11.3 Å². The predicted octanol–water partition coefficient (Wildman–Crippen LogP) is 2.39. The largest absolute Gasteiger partial charge is 0.506 e. The fourth-order valence-electron chi connectivity index (χ4n) is 1.71. The molecule has 18 heavy (non-hydrogen) atoms. The Labute approximate surface area is 110 Å². The summed E-state index contributed by atoms with van der Waals surface area (Å²) in [5, 5.41) is 15.3. The van der Waals surface area contributed by atoms with Crippen molar-refractivity contribution in [2.75, 3.05) is 19.6 Å². The first kappa shape index (κ1) is 13.0. The Kier molecular flexibility index (Phi) is 4.33. The molecule has 0 bridgehead atoms. The van der Waals surface area contributed by atoms with Gasteiger partial charge in [0.15, 0.2) is 5.82 Å². The minimum absolute atomic E-state index is 0.193. The van der Waals surface area contributed by atoms with E-state index in [1.807, 2.05) is 0 Å². The van der Waals surface area contributed by atoms with Crippen LogP contribution >= 0.6 is 11.3 Å². The molecule has 6 heteroatoms. The number of rotatable bonds is 6. The maximum Gasteiger partial charge on any atom is 0.271 e. The number of likely N-dealkylation sites (N-methyl/N-ethyl adjacent to an activating group) is 1. The van der Waals surface area contributed by atoms with Gasteiger partial charge in [-0.2, -0.15) is 4.98 Å². The van der Waals surface area contributed by atoms with E-state index >= 15 is 0 Å². The van der Waals surface area contributed by atoms with Gasteiger partial charge >= 0.3 is 0 Å². The summed E-state index contributed by atoms with van der Waals surface area (Å²) in [7, 11) is 0. The summed E-state index contributed by atoms with van der Waals surface area (Å²) < 4.78 is 5.16. The van der Waals surface area contributed by atoms with Gasteiger partial charge in [-0.3, -0.25) is 0 Å². The smallest absolute Gasteiger partial charge is 0.271 e. The van der Waals surface area contributed by atoms with E-state index in [2.05, 4.69) is 28.9 Å². The van der Waals surface area contributed by atoms with Crippen LogP contribution in [0.25, 0.3) is 10.8 Å². The molecule has 5 nitrogen and oxygen atoms in total. The number of thiophene rings is 1. The molecule has 0 unspecified atom stereocenters. The zero-order chi connectivity index (χ0) is 13.0. The molecule has 0 aliphatic heterocycles. The quantitative estimate of drug-likeness (QED) is 0.870. The van der Waals surface area contributed by atoms with Gasteiger partial charge in [0.25, 0.3) is 5.89 Å². The van der Waals surface area contributed by atoms with Gasteiger partial charge in [-0.25, -0.2) is 0 Å². The molecule has 2 heterocycles. The van der Waals surface area contributed by atoms with Crippen molar-refractivity contribution in [2.24, 2.45) is 0 Å². The first-order valence-corrected chi connectivity index (χ1v) is 6.94. The Balaban J connectivity index is 2.01. The highest BCUT2D eigenvalue weighted by Crippen LogP contribution is 2.33. The van der Waals surface area contributed by atoms with Crippen molar-refractivity contribution < 1.29 is 9.63 Å². The van der Waals surface area contributed by atoms with Crippen molar-refractivity contribution in [1.82, 2.24) is 15.0 Å². The highest BCUT2D eigenvalue weighted by Gasteiger charge is 2.14. The number of aromatic hydroxyl groups is 1. The second kappa shape index (κ2) is 5.97. The molecule has 0 radical (unpaired) electrons. The van der Waals surface area contributed by atoms with Crippen molar-refractivity contribution >= 4 is 11.3 Å². The molecule has 2 aromatic rings. The van der Waals surface area contributed by atoms with Gasteiger partial charge in [-0.1, -0.05) is 19.0 Å². The number of aromatic nitrogens is 2. The minimum Gasteiger partial charge on any atom is -0.506 e. The normalized spacial score (nSPS) is 11.3. The van der Waals surface area contributed by atoms with Crippen LogP contribution in [0.15, 0.2) is 16.0 Å². The Hall–Kier alpha value is -1.40. The molecule has 0 aliphatic carbocycles. The summed E-state index contributed by atoms with van der Waals surface area (Å²) in [6, 6.07) is 1.62. The molecule has 0 spiro atoms. The minimum atomic E-state index is 0.193. The van der Waals surface area contributed by atoms with Crippen LogP contribution in [-0.4, -0.2) is 39.8 Å². The monoisotopic (exact) mass is 267 g/mol. The number of nitrogens with zero attached hydrogens (tertiary/aromatic N) is 3. The molecule has 2 aromatic heterocycles. The number of hydrogen-bond acceptors (Lipinski definition) is 6. The van der Waals surface area contributed by atoms with Gasteiger partial charge in [0.1, 0.15) is 10.6 Å². The summed E-state index contributed by atoms with van der Waals surface area (Å²) in [5.41, 5.74) is 0. The molecule has 98 valence electrons. The summed E-state index contributed by atoms with van der Waals surface area (Å²) >= 11 is 1.39. The van der Waals surface area contributed by atoms with Crippen LogP contribution in [0.2, 0.25) is 0 Å². The summed E-state index contributed by atoms with van der Waals surface area (Å²) in [4.78, 5) is 7.24. The van der Waals surface area contributed by atoms with Crippen LogP contribution in [0.3, 0.4) is 0 Å². The molecule has 0 amide bonds. The molecule has 2 rings (SSSR count). The van der Waals surface area contributed by atoms with E-state index in [4.69, 9.17) is 4.52 Å². The second-order valence-corrected chi connectivity index (χ2v) is 4.84. The maximum atomic E-state index is 9.58. The van der Waals surface area contributed by atoms with E-state index in [1.165, 1.54) is 11.3 Å². The Bertz CT molecular complexity index is 491. The Morgan fingerprint density at radius 2 is 2.17 bits per heavy atom. The predicted molar refractivity (Wildman–Crippen MR) is 70.8 cm³/mol. The summed E-state index contributed by atoms with van der Waals surface area (Å²) in [6.45, 7) is 7.23. The van der Waals surface area contributed by atoms with Crippen LogP contribution in [0, 0.1) is 0 Å². The average molecular weight is 267 g/mol. The van der Waals surface area contributed by atoms with E-state index in [0.717, 1.165) is 26.1 Å². The molecule has 0 atom stereocenters. The summed E-state index contributed by atoms with van der Waals surface area (Å²) in [5.74, 6) is 1.28. The lowest BCUT2D eigenvalue weighted by atomic mass is 10.3. The van der Waals surface area contributed by atoms with Gasteiger partial charge in [0.2, 0.25) is 0 Å².